The summed E-state index contributed by atoms with van der Waals surface area (Å²) in [6, 6.07) is 8.05. The molecule has 0 amide bonds. The Kier molecular flexibility index (Phi) is 1.88. The van der Waals surface area contributed by atoms with Crippen LogP contribution >= 0.6 is 0 Å². The minimum atomic E-state index is 0.833. The molecule has 0 aromatic heterocycles. The molecule has 2 radical (unpaired) electrons. The van der Waals surface area contributed by atoms with Crippen molar-refractivity contribution < 1.29 is 0 Å². The molecule has 0 bridgehead atoms. The van der Waals surface area contributed by atoms with Crippen LogP contribution in [-0.4, -0.2) is 0 Å². The zero-order valence-corrected chi connectivity index (χ0v) is 5.43. The molecule has 0 saturated heterocycles. The third-order valence-corrected chi connectivity index (χ3v) is 1.39. The van der Waals surface area contributed by atoms with E-state index >= 15 is 0 Å². The van der Waals surface area contributed by atoms with Crippen molar-refractivity contribution in [1.29, 1.82) is 0 Å². The molecule has 0 unspecified atom stereocenters. The summed E-state index contributed by atoms with van der Waals surface area (Å²) in [7, 11) is 0. The Morgan fingerprint density at radius 1 is 1.22 bits per heavy atom. The van der Waals surface area contributed by atoms with Crippen LogP contribution in [0.25, 0.3) is 0 Å². The van der Waals surface area contributed by atoms with E-state index in [1.165, 1.54) is 5.56 Å². The Bertz CT molecular complexity index is 189. The van der Waals surface area contributed by atoms with Crippen molar-refractivity contribution in [3.63, 3.8) is 0 Å². The van der Waals surface area contributed by atoms with Crippen molar-refractivity contribution in [2.45, 2.75) is 6.42 Å². The Balaban J connectivity index is 3.01. The number of benzene rings is 1. The van der Waals surface area contributed by atoms with Crippen molar-refractivity contribution in [2.24, 2.45) is 0 Å². The van der Waals surface area contributed by atoms with Crippen LogP contribution in [0.5, 0.6) is 0 Å². The molecule has 0 spiro atoms. The first-order chi connectivity index (χ1) is 4.34. The van der Waals surface area contributed by atoms with E-state index < -0.39 is 0 Å². The van der Waals surface area contributed by atoms with Crippen LogP contribution in [0.2, 0.25) is 0 Å². The molecule has 0 heteroatoms. The summed E-state index contributed by atoms with van der Waals surface area (Å²) in [6.45, 7) is 7.63. The van der Waals surface area contributed by atoms with Gasteiger partial charge in [0.1, 0.15) is 0 Å². The van der Waals surface area contributed by atoms with Crippen molar-refractivity contribution in [3.05, 3.63) is 49.2 Å². The van der Waals surface area contributed by atoms with E-state index in [0.717, 1.165) is 12.0 Å². The highest BCUT2D eigenvalue weighted by molar-refractivity contribution is 5.29. The first kappa shape index (κ1) is 6.34. The van der Waals surface area contributed by atoms with Crippen LogP contribution in [-0.2, 0) is 6.42 Å². The average Bonchev–Trinajstić information content (AvgIpc) is 1.89. The van der Waals surface area contributed by atoms with Crippen LogP contribution in [0.3, 0.4) is 0 Å². The maximum atomic E-state index is 3.85. The van der Waals surface area contributed by atoms with Crippen LogP contribution in [0.15, 0.2) is 24.3 Å². The zero-order valence-electron chi connectivity index (χ0n) is 5.43. The molecule has 46 valence electrons. The molecule has 0 aliphatic carbocycles. The Hall–Kier alpha value is -0.780. The standard InChI is InChI=1S/C9H10/c1-3-9-7-5-4-6-8(9)2/h4-7H,1-3H2. The van der Waals surface area contributed by atoms with Crippen LogP contribution in [0, 0.1) is 13.8 Å². The highest BCUT2D eigenvalue weighted by atomic mass is 13.9. The lowest BCUT2D eigenvalue weighted by Crippen LogP contribution is -1.82. The Labute approximate surface area is 56.5 Å². The molecule has 1 aromatic carbocycles. The van der Waals surface area contributed by atoms with Crippen molar-refractivity contribution in [3.8, 4) is 0 Å². The second-order valence-electron chi connectivity index (χ2n) is 2.02. The predicted octanol–water partition coefficient (Wildman–Crippen LogP) is 2.25. The molecule has 0 aliphatic heterocycles. The number of hydrogen-bond donors (Lipinski definition) is 0. The SMILES string of the molecule is [CH2]Cc1ccccc1[CH2]. The molecule has 1 rings (SSSR count). The summed E-state index contributed by atoms with van der Waals surface area (Å²) in [5.41, 5.74) is 2.32. The van der Waals surface area contributed by atoms with Gasteiger partial charge in [-0.2, -0.15) is 0 Å². The molecule has 1 aromatic rings. The van der Waals surface area contributed by atoms with Gasteiger partial charge in [-0.15, -0.1) is 0 Å². The fourth-order valence-electron chi connectivity index (χ4n) is 0.801. The molecule has 0 N–H and O–H groups in total. The normalized spacial score (nSPS) is 9.56. The van der Waals surface area contributed by atoms with Crippen molar-refractivity contribution in [2.75, 3.05) is 0 Å². The smallest absolute Gasteiger partial charge is 0.0235 e. The monoisotopic (exact) mass is 118 g/mol. The molecule has 9 heavy (non-hydrogen) atoms. The van der Waals surface area contributed by atoms with E-state index in [1.807, 2.05) is 18.2 Å². The fraction of sp³-hybridized carbons (Fsp3) is 0.111. The highest BCUT2D eigenvalue weighted by Gasteiger charge is 1.89. The van der Waals surface area contributed by atoms with E-state index in [1.54, 1.807) is 0 Å². The average molecular weight is 118 g/mol. The van der Waals surface area contributed by atoms with E-state index in [0.29, 0.717) is 0 Å². The maximum absolute atomic E-state index is 3.85. The largest absolute Gasteiger partial charge is 0.0620 e. The third kappa shape index (κ3) is 1.32. The minimum absolute atomic E-state index is 0.833. The summed E-state index contributed by atoms with van der Waals surface area (Å²) >= 11 is 0. The second kappa shape index (κ2) is 2.67. The van der Waals surface area contributed by atoms with Crippen molar-refractivity contribution in [1.82, 2.24) is 0 Å². The van der Waals surface area contributed by atoms with Gasteiger partial charge < -0.3 is 0 Å². The summed E-state index contributed by atoms with van der Waals surface area (Å²) < 4.78 is 0. The lowest BCUT2D eigenvalue weighted by atomic mass is 10.1. The van der Waals surface area contributed by atoms with Gasteiger partial charge in [0.2, 0.25) is 0 Å². The predicted molar refractivity (Wildman–Crippen MR) is 40.0 cm³/mol. The topological polar surface area (TPSA) is 0 Å². The van der Waals surface area contributed by atoms with Crippen molar-refractivity contribution >= 4 is 0 Å². The van der Waals surface area contributed by atoms with Crippen LogP contribution in [0.1, 0.15) is 11.1 Å². The zero-order chi connectivity index (χ0) is 6.69. The molecule has 0 heterocycles. The Morgan fingerprint density at radius 2 is 1.89 bits per heavy atom. The van der Waals surface area contributed by atoms with E-state index in [2.05, 4.69) is 19.9 Å². The van der Waals surface area contributed by atoms with E-state index in [4.69, 9.17) is 0 Å². The molecule has 0 fully saturated rings. The summed E-state index contributed by atoms with van der Waals surface area (Å²) in [6.07, 6.45) is 0.833. The molecule has 0 aliphatic rings. The fourth-order valence-corrected chi connectivity index (χ4v) is 0.801. The lowest BCUT2D eigenvalue weighted by Gasteiger charge is -1.98. The van der Waals surface area contributed by atoms with Gasteiger partial charge >= 0.3 is 0 Å². The Morgan fingerprint density at radius 3 is 2.33 bits per heavy atom. The third-order valence-electron chi connectivity index (χ3n) is 1.39. The van der Waals surface area contributed by atoms with Gasteiger partial charge in [-0.3, -0.25) is 0 Å². The van der Waals surface area contributed by atoms with Gasteiger partial charge in [0.25, 0.3) is 0 Å². The number of rotatable bonds is 1. The molecular weight excluding hydrogens is 108 g/mol. The maximum Gasteiger partial charge on any atom is -0.0235 e. The summed E-state index contributed by atoms with van der Waals surface area (Å²) in [4.78, 5) is 0. The van der Waals surface area contributed by atoms with Gasteiger partial charge in [-0.25, -0.2) is 0 Å². The summed E-state index contributed by atoms with van der Waals surface area (Å²) in [5, 5.41) is 0. The van der Waals surface area contributed by atoms with Gasteiger partial charge in [0.05, 0.1) is 0 Å². The van der Waals surface area contributed by atoms with Crippen LogP contribution in [0.4, 0.5) is 0 Å². The lowest BCUT2D eigenvalue weighted by molar-refractivity contribution is 1.25. The van der Waals surface area contributed by atoms with Gasteiger partial charge in [0.15, 0.2) is 0 Å². The number of hydrogen-bond acceptors (Lipinski definition) is 0. The first-order valence-electron chi connectivity index (χ1n) is 3.03. The van der Waals surface area contributed by atoms with Gasteiger partial charge in [0, 0.05) is 0 Å². The van der Waals surface area contributed by atoms with Gasteiger partial charge in [-0.1, -0.05) is 24.3 Å². The second-order valence-corrected chi connectivity index (χ2v) is 2.02. The van der Waals surface area contributed by atoms with E-state index in [-0.39, 0.29) is 0 Å². The molecular formula is C9H10. The quantitative estimate of drug-likeness (QED) is 0.530. The molecule has 0 atom stereocenters. The highest BCUT2D eigenvalue weighted by Crippen LogP contribution is 2.05. The minimum Gasteiger partial charge on any atom is -0.0620 e. The summed E-state index contributed by atoms with van der Waals surface area (Å²) in [5.74, 6) is 0. The first-order valence-corrected chi connectivity index (χ1v) is 3.03. The van der Waals surface area contributed by atoms with Gasteiger partial charge in [-0.05, 0) is 31.4 Å². The van der Waals surface area contributed by atoms with Crippen LogP contribution < -0.4 is 0 Å². The molecule has 0 nitrogen and oxygen atoms in total. The molecule has 0 saturated carbocycles. The van der Waals surface area contributed by atoms with E-state index in [9.17, 15) is 0 Å².